The van der Waals surface area contributed by atoms with Crippen molar-refractivity contribution in [2.45, 2.75) is 38.3 Å². The summed E-state index contributed by atoms with van der Waals surface area (Å²) in [6.45, 7) is 6.36. The van der Waals surface area contributed by atoms with E-state index in [9.17, 15) is 9.59 Å². The number of rotatable bonds is 7. The first-order valence-corrected chi connectivity index (χ1v) is 9.29. The van der Waals surface area contributed by atoms with Gasteiger partial charge in [-0.2, -0.15) is 0 Å². The van der Waals surface area contributed by atoms with Crippen LogP contribution in [0.2, 0.25) is 0 Å². The highest BCUT2D eigenvalue weighted by Crippen LogP contribution is 2.22. The summed E-state index contributed by atoms with van der Waals surface area (Å²) in [5, 5.41) is 5.80. The minimum Gasteiger partial charge on any atom is -0.353 e. The summed E-state index contributed by atoms with van der Waals surface area (Å²) < 4.78 is 0. The monoisotopic (exact) mass is 356 g/mol. The average Bonchev–Trinajstić information content (AvgIpc) is 2.57. The third kappa shape index (κ3) is 6.27. The van der Waals surface area contributed by atoms with Gasteiger partial charge in [-0.15, -0.1) is 11.8 Å². The lowest BCUT2D eigenvalue weighted by molar-refractivity contribution is -0.119. The number of benzene rings is 2. The molecule has 4 nitrogen and oxygen atoms in total. The largest absolute Gasteiger partial charge is 0.353 e. The Balaban J connectivity index is 1.98. The van der Waals surface area contributed by atoms with Gasteiger partial charge in [-0.3, -0.25) is 9.59 Å². The van der Waals surface area contributed by atoms with Crippen molar-refractivity contribution >= 4 is 23.6 Å². The van der Waals surface area contributed by atoms with Crippen molar-refractivity contribution in [1.82, 2.24) is 10.6 Å². The zero-order valence-electron chi connectivity index (χ0n) is 14.8. The van der Waals surface area contributed by atoms with Crippen LogP contribution < -0.4 is 10.6 Å². The molecule has 2 aromatic carbocycles. The Hall–Kier alpha value is -2.27. The Morgan fingerprint density at radius 3 is 2.56 bits per heavy atom. The van der Waals surface area contributed by atoms with Gasteiger partial charge in [0.05, 0.1) is 11.3 Å². The molecule has 5 heteroatoms. The number of carbonyl (C=O) groups is 2. The maximum atomic E-state index is 12.5. The van der Waals surface area contributed by atoms with E-state index in [2.05, 4.69) is 16.7 Å². The van der Waals surface area contributed by atoms with Gasteiger partial charge in [0.25, 0.3) is 5.91 Å². The Morgan fingerprint density at radius 1 is 1.08 bits per heavy atom. The van der Waals surface area contributed by atoms with E-state index in [1.54, 1.807) is 6.07 Å². The first-order valence-electron chi connectivity index (χ1n) is 8.30. The van der Waals surface area contributed by atoms with Crippen molar-refractivity contribution < 1.29 is 9.59 Å². The number of thioether (sulfide) groups is 1. The number of carbonyl (C=O) groups excluding carboxylic acids is 2. The van der Waals surface area contributed by atoms with Gasteiger partial charge in [-0.1, -0.05) is 42.0 Å². The standard InChI is InChI=1S/C20H24N2O2S/c1-14(2)22-19(23)13-25-18-10-5-4-9-17(18)20(24)21-12-16-8-6-7-15(3)11-16/h4-11,14H,12-13H2,1-3H3,(H,21,24)(H,22,23). The van der Waals surface area contributed by atoms with Gasteiger partial charge in [0.1, 0.15) is 0 Å². The second-order valence-electron chi connectivity index (χ2n) is 6.18. The minimum absolute atomic E-state index is 0.0324. The average molecular weight is 356 g/mol. The van der Waals surface area contributed by atoms with Crippen molar-refractivity contribution in [2.24, 2.45) is 0 Å². The van der Waals surface area contributed by atoms with Gasteiger partial charge in [0, 0.05) is 17.5 Å². The van der Waals surface area contributed by atoms with Gasteiger partial charge in [0.15, 0.2) is 0 Å². The highest BCUT2D eigenvalue weighted by molar-refractivity contribution is 8.00. The van der Waals surface area contributed by atoms with E-state index >= 15 is 0 Å². The van der Waals surface area contributed by atoms with E-state index in [0.29, 0.717) is 17.9 Å². The lowest BCUT2D eigenvalue weighted by atomic mass is 10.1. The third-order valence-electron chi connectivity index (χ3n) is 3.48. The summed E-state index contributed by atoms with van der Waals surface area (Å²) in [6.07, 6.45) is 0. The Kier molecular flexibility index (Phi) is 7.07. The fourth-order valence-corrected chi connectivity index (χ4v) is 3.25. The van der Waals surface area contributed by atoms with E-state index in [-0.39, 0.29) is 17.9 Å². The molecule has 0 aliphatic heterocycles. The van der Waals surface area contributed by atoms with Crippen LogP contribution in [0.5, 0.6) is 0 Å². The predicted molar refractivity (Wildman–Crippen MR) is 103 cm³/mol. The second kappa shape index (κ2) is 9.28. The van der Waals surface area contributed by atoms with Crippen molar-refractivity contribution in [1.29, 1.82) is 0 Å². The van der Waals surface area contributed by atoms with E-state index in [4.69, 9.17) is 0 Å². The molecule has 2 rings (SSSR count). The predicted octanol–water partition coefficient (Wildman–Crippen LogP) is 3.54. The summed E-state index contributed by atoms with van der Waals surface area (Å²) >= 11 is 1.38. The highest BCUT2D eigenvalue weighted by Gasteiger charge is 2.13. The zero-order valence-corrected chi connectivity index (χ0v) is 15.7. The van der Waals surface area contributed by atoms with Gasteiger partial charge < -0.3 is 10.6 Å². The van der Waals surface area contributed by atoms with Crippen LogP contribution in [0, 0.1) is 6.92 Å². The van der Waals surface area contributed by atoms with Crippen LogP contribution >= 0.6 is 11.8 Å². The molecule has 2 aromatic rings. The molecule has 0 spiro atoms. The maximum Gasteiger partial charge on any atom is 0.252 e. The smallest absolute Gasteiger partial charge is 0.252 e. The fourth-order valence-electron chi connectivity index (χ4n) is 2.39. The molecule has 2 N–H and O–H groups in total. The number of nitrogens with one attached hydrogen (secondary N) is 2. The van der Waals surface area contributed by atoms with Gasteiger partial charge in [-0.05, 0) is 38.5 Å². The Morgan fingerprint density at radius 2 is 1.84 bits per heavy atom. The van der Waals surface area contributed by atoms with Crippen molar-refractivity contribution in [3.8, 4) is 0 Å². The summed E-state index contributed by atoms with van der Waals surface area (Å²) in [6, 6.07) is 15.5. The number of hydrogen-bond acceptors (Lipinski definition) is 3. The zero-order chi connectivity index (χ0) is 18.2. The summed E-state index contributed by atoms with van der Waals surface area (Å²) in [5.41, 5.74) is 2.83. The van der Waals surface area contributed by atoms with Crippen LogP contribution in [0.1, 0.15) is 35.3 Å². The molecule has 0 atom stereocenters. The summed E-state index contributed by atoms with van der Waals surface area (Å²) in [4.78, 5) is 25.1. The molecule has 132 valence electrons. The lowest BCUT2D eigenvalue weighted by Crippen LogP contribution is -2.31. The quantitative estimate of drug-likeness (QED) is 0.746. The van der Waals surface area contributed by atoms with E-state index in [1.807, 2.05) is 57.2 Å². The molecule has 0 saturated heterocycles. The Bertz CT molecular complexity index is 744. The Labute approximate surface area is 153 Å². The molecule has 25 heavy (non-hydrogen) atoms. The third-order valence-corrected chi connectivity index (χ3v) is 4.55. The van der Waals surface area contributed by atoms with Crippen LogP contribution in [0.4, 0.5) is 0 Å². The van der Waals surface area contributed by atoms with Crippen LogP contribution in [0.3, 0.4) is 0 Å². The van der Waals surface area contributed by atoms with Crippen molar-refractivity contribution in [3.05, 3.63) is 65.2 Å². The first-order chi connectivity index (χ1) is 12.0. The maximum absolute atomic E-state index is 12.5. The number of hydrogen-bond donors (Lipinski definition) is 2. The molecule has 2 amide bonds. The van der Waals surface area contributed by atoms with Gasteiger partial charge in [0.2, 0.25) is 5.91 Å². The molecule has 0 heterocycles. The molecular formula is C20H24N2O2S. The molecule has 0 bridgehead atoms. The van der Waals surface area contributed by atoms with E-state index in [0.717, 1.165) is 10.5 Å². The minimum atomic E-state index is -0.131. The molecule has 0 aliphatic carbocycles. The molecule has 0 radical (unpaired) electrons. The van der Waals surface area contributed by atoms with Crippen molar-refractivity contribution in [2.75, 3.05) is 5.75 Å². The molecule has 0 aliphatic rings. The van der Waals surface area contributed by atoms with E-state index in [1.165, 1.54) is 17.3 Å². The van der Waals surface area contributed by atoms with Gasteiger partial charge >= 0.3 is 0 Å². The second-order valence-corrected chi connectivity index (χ2v) is 7.20. The lowest BCUT2D eigenvalue weighted by Gasteiger charge is -2.11. The highest BCUT2D eigenvalue weighted by atomic mass is 32.2. The SMILES string of the molecule is Cc1cccc(CNC(=O)c2ccccc2SCC(=O)NC(C)C)c1. The van der Waals surface area contributed by atoms with Crippen LogP contribution in [-0.4, -0.2) is 23.6 Å². The molecule has 0 aromatic heterocycles. The first kappa shape index (κ1) is 19.1. The molecule has 0 fully saturated rings. The molecular weight excluding hydrogens is 332 g/mol. The fraction of sp³-hybridized carbons (Fsp3) is 0.300. The number of aryl methyl sites for hydroxylation is 1. The van der Waals surface area contributed by atoms with Gasteiger partial charge in [-0.25, -0.2) is 0 Å². The normalized spacial score (nSPS) is 10.6. The summed E-state index contributed by atoms with van der Waals surface area (Å²) in [7, 11) is 0. The van der Waals surface area contributed by atoms with Crippen LogP contribution in [0.25, 0.3) is 0 Å². The molecule has 0 unspecified atom stereocenters. The molecule has 0 saturated carbocycles. The van der Waals surface area contributed by atoms with E-state index < -0.39 is 0 Å². The topological polar surface area (TPSA) is 58.2 Å². The van der Waals surface area contributed by atoms with Crippen LogP contribution in [-0.2, 0) is 11.3 Å². The number of amides is 2. The summed E-state index contributed by atoms with van der Waals surface area (Å²) in [5.74, 6) is 0.129. The van der Waals surface area contributed by atoms with Crippen LogP contribution in [0.15, 0.2) is 53.4 Å². The van der Waals surface area contributed by atoms with Crippen molar-refractivity contribution in [3.63, 3.8) is 0 Å².